The van der Waals surface area contributed by atoms with Crippen molar-refractivity contribution >= 4 is 28.2 Å². The number of ether oxygens (including phenoxy) is 1. The van der Waals surface area contributed by atoms with Crippen LogP contribution in [-0.4, -0.2) is 57.1 Å². The van der Waals surface area contributed by atoms with Crippen LogP contribution in [0.5, 0.6) is 0 Å². The highest BCUT2D eigenvalue weighted by Crippen LogP contribution is 2.17. The Bertz CT molecular complexity index is 650. The van der Waals surface area contributed by atoms with E-state index in [9.17, 15) is 9.59 Å². The molecule has 1 unspecified atom stereocenters. The summed E-state index contributed by atoms with van der Waals surface area (Å²) >= 11 is 1.46. The first-order chi connectivity index (χ1) is 9.66. The lowest BCUT2D eigenvalue weighted by Gasteiger charge is -2.32. The molecule has 0 saturated carbocycles. The maximum atomic E-state index is 12.3. The van der Waals surface area contributed by atoms with E-state index in [0.717, 1.165) is 10.7 Å². The summed E-state index contributed by atoms with van der Waals surface area (Å²) < 4.78 is 6.98. The topological polar surface area (TPSA) is 84.1 Å². The van der Waals surface area contributed by atoms with Gasteiger partial charge >= 0.3 is 5.97 Å². The fraction of sp³-hybridized carbons (Fsp3) is 0.417. The maximum absolute atomic E-state index is 12.3. The summed E-state index contributed by atoms with van der Waals surface area (Å²) in [4.78, 5) is 29.8. The molecule has 1 atom stereocenters. The number of carboxylic acid groups (broad SMARTS) is 1. The number of nitrogens with zero attached hydrogens (tertiary/aromatic N) is 3. The van der Waals surface area contributed by atoms with Gasteiger partial charge in [-0.05, 0) is 0 Å². The van der Waals surface area contributed by atoms with Crippen LogP contribution in [0.15, 0.2) is 17.8 Å². The van der Waals surface area contributed by atoms with Crippen LogP contribution in [0.2, 0.25) is 0 Å². The molecule has 2 aromatic heterocycles. The lowest BCUT2D eigenvalue weighted by Crippen LogP contribution is -2.53. The Morgan fingerprint density at radius 3 is 3.20 bits per heavy atom. The van der Waals surface area contributed by atoms with Gasteiger partial charge in [0, 0.05) is 30.0 Å². The molecule has 7 nitrogen and oxygen atoms in total. The summed E-state index contributed by atoms with van der Waals surface area (Å²) in [5, 5.41) is 11.0. The van der Waals surface area contributed by atoms with Gasteiger partial charge in [-0.1, -0.05) is 0 Å². The van der Waals surface area contributed by atoms with Crippen LogP contribution in [0.4, 0.5) is 0 Å². The van der Waals surface area contributed by atoms with Crippen LogP contribution in [0.3, 0.4) is 0 Å². The largest absolute Gasteiger partial charge is 0.480 e. The van der Waals surface area contributed by atoms with E-state index >= 15 is 0 Å². The van der Waals surface area contributed by atoms with Crippen molar-refractivity contribution in [2.75, 3.05) is 19.8 Å². The highest BCUT2D eigenvalue weighted by Gasteiger charge is 2.32. The number of carbonyl (C=O) groups excluding carboxylic acids is 1. The van der Waals surface area contributed by atoms with Crippen LogP contribution in [0, 0.1) is 0 Å². The van der Waals surface area contributed by atoms with E-state index in [1.54, 1.807) is 12.4 Å². The summed E-state index contributed by atoms with van der Waals surface area (Å²) in [7, 11) is 0. The Morgan fingerprint density at radius 1 is 1.55 bits per heavy atom. The van der Waals surface area contributed by atoms with Crippen LogP contribution in [0.1, 0.15) is 5.69 Å². The molecule has 106 valence electrons. The van der Waals surface area contributed by atoms with Crippen molar-refractivity contribution < 1.29 is 19.4 Å². The molecular formula is C12H13N3O4S. The molecule has 2 aromatic rings. The van der Waals surface area contributed by atoms with Gasteiger partial charge in [-0.2, -0.15) is 0 Å². The van der Waals surface area contributed by atoms with Gasteiger partial charge in [-0.15, -0.1) is 11.3 Å². The summed E-state index contributed by atoms with van der Waals surface area (Å²) in [6.07, 6.45) is 3.64. The molecule has 3 rings (SSSR count). The first-order valence-corrected chi connectivity index (χ1v) is 7.04. The molecule has 0 spiro atoms. The van der Waals surface area contributed by atoms with Crippen LogP contribution >= 0.6 is 11.3 Å². The van der Waals surface area contributed by atoms with Crippen molar-refractivity contribution in [3.8, 4) is 0 Å². The Hall–Kier alpha value is -1.93. The van der Waals surface area contributed by atoms with Crippen molar-refractivity contribution in [2.45, 2.75) is 12.5 Å². The van der Waals surface area contributed by atoms with Gasteiger partial charge in [-0.25, -0.2) is 9.78 Å². The van der Waals surface area contributed by atoms with Gasteiger partial charge in [0.05, 0.1) is 19.6 Å². The SMILES string of the molecule is O=C(O)C1COCCN1C(=O)Cc1csc2nccn12. The number of hydrogen-bond donors (Lipinski definition) is 1. The quantitative estimate of drug-likeness (QED) is 0.877. The van der Waals surface area contributed by atoms with Crippen molar-refractivity contribution in [3.05, 3.63) is 23.5 Å². The van der Waals surface area contributed by atoms with Gasteiger partial charge in [-0.3, -0.25) is 9.20 Å². The first-order valence-electron chi connectivity index (χ1n) is 6.16. The Morgan fingerprint density at radius 2 is 2.40 bits per heavy atom. The predicted molar refractivity (Wildman–Crippen MR) is 70.7 cm³/mol. The van der Waals surface area contributed by atoms with Crippen molar-refractivity contribution in [2.24, 2.45) is 0 Å². The molecular weight excluding hydrogens is 282 g/mol. The number of hydrogen-bond acceptors (Lipinski definition) is 5. The molecule has 8 heteroatoms. The summed E-state index contributed by atoms with van der Waals surface area (Å²) in [6.45, 7) is 0.734. The fourth-order valence-corrected chi connectivity index (χ4v) is 3.11. The van der Waals surface area contributed by atoms with Crippen molar-refractivity contribution in [1.29, 1.82) is 0 Å². The molecule has 0 aromatic carbocycles. The molecule has 0 radical (unpaired) electrons. The van der Waals surface area contributed by atoms with Gasteiger partial charge < -0.3 is 14.7 Å². The van der Waals surface area contributed by atoms with Crippen LogP contribution in [0.25, 0.3) is 4.96 Å². The van der Waals surface area contributed by atoms with E-state index < -0.39 is 12.0 Å². The van der Waals surface area contributed by atoms with Crippen LogP contribution < -0.4 is 0 Å². The third-order valence-corrected chi connectivity index (χ3v) is 4.19. The van der Waals surface area contributed by atoms with Crippen LogP contribution in [-0.2, 0) is 20.7 Å². The minimum absolute atomic E-state index is 0.0468. The number of imidazole rings is 1. The second-order valence-electron chi connectivity index (χ2n) is 4.50. The van der Waals surface area contributed by atoms with Crippen molar-refractivity contribution in [1.82, 2.24) is 14.3 Å². The molecule has 0 bridgehead atoms. The minimum Gasteiger partial charge on any atom is -0.480 e. The van der Waals surface area contributed by atoms with E-state index in [2.05, 4.69) is 4.98 Å². The van der Waals surface area contributed by atoms with E-state index in [0.29, 0.717) is 13.2 Å². The number of amides is 1. The average molecular weight is 295 g/mol. The molecule has 3 heterocycles. The average Bonchev–Trinajstić information content (AvgIpc) is 3.03. The number of carboxylic acids is 1. The van der Waals surface area contributed by atoms with Gasteiger partial charge in [0.1, 0.15) is 0 Å². The maximum Gasteiger partial charge on any atom is 0.328 e. The molecule has 0 aliphatic carbocycles. The van der Waals surface area contributed by atoms with Gasteiger partial charge in [0.25, 0.3) is 0 Å². The number of fused-ring (bicyclic) bond motifs is 1. The number of morpholine rings is 1. The Kier molecular flexibility index (Phi) is 3.41. The second-order valence-corrected chi connectivity index (χ2v) is 5.34. The monoisotopic (exact) mass is 295 g/mol. The number of thiazole rings is 1. The standard InChI is InChI=1S/C12H13N3O4S/c16-10(15-3-4-19-6-9(15)11(17)18)5-8-7-20-12-13-1-2-14(8)12/h1-2,7,9H,3-6H2,(H,17,18). The number of aromatic nitrogens is 2. The summed E-state index contributed by atoms with van der Waals surface area (Å²) in [5.41, 5.74) is 0.822. The molecule has 1 aliphatic heterocycles. The zero-order chi connectivity index (χ0) is 14.1. The predicted octanol–water partition coefficient (Wildman–Crippen LogP) is 0.250. The highest BCUT2D eigenvalue weighted by molar-refractivity contribution is 7.15. The third kappa shape index (κ3) is 2.27. The normalized spacial score (nSPS) is 19.4. The lowest BCUT2D eigenvalue weighted by molar-refractivity contribution is -0.158. The molecule has 1 fully saturated rings. The zero-order valence-corrected chi connectivity index (χ0v) is 11.4. The third-order valence-electron chi connectivity index (χ3n) is 3.28. The van der Waals surface area contributed by atoms with Gasteiger partial charge in [0.15, 0.2) is 11.0 Å². The number of carbonyl (C=O) groups is 2. The smallest absolute Gasteiger partial charge is 0.328 e. The zero-order valence-electron chi connectivity index (χ0n) is 10.6. The minimum atomic E-state index is -1.03. The summed E-state index contributed by atoms with van der Waals surface area (Å²) in [5.74, 6) is -1.23. The lowest BCUT2D eigenvalue weighted by atomic mass is 10.2. The molecule has 1 N–H and O–H groups in total. The first kappa shape index (κ1) is 13.1. The molecule has 20 heavy (non-hydrogen) atoms. The van der Waals surface area contributed by atoms with E-state index in [4.69, 9.17) is 9.84 Å². The van der Waals surface area contributed by atoms with E-state index in [-0.39, 0.29) is 18.9 Å². The molecule has 1 aliphatic rings. The second kappa shape index (κ2) is 5.22. The van der Waals surface area contributed by atoms with Gasteiger partial charge in [0.2, 0.25) is 5.91 Å². The fourth-order valence-electron chi connectivity index (χ4n) is 2.26. The Labute approximate surface area is 118 Å². The summed E-state index contributed by atoms with van der Waals surface area (Å²) in [6, 6.07) is -0.895. The highest BCUT2D eigenvalue weighted by atomic mass is 32.1. The van der Waals surface area contributed by atoms with E-state index in [1.807, 2.05) is 9.78 Å². The van der Waals surface area contributed by atoms with E-state index in [1.165, 1.54) is 16.2 Å². The number of rotatable bonds is 3. The molecule has 1 amide bonds. The number of aliphatic carboxylic acids is 1. The van der Waals surface area contributed by atoms with Crippen molar-refractivity contribution in [3.63, 3.8) is 0 Å². The Balaban J connectivity index is 1.78. The molecule has 1 saturated heterocycles.